The Bertz CT molecular complexity index is 945. The first-order valence-corrected chi connectivity index (χ1v) is 9.40. The second-order valence-corrected chi connectivity index (χ2v) is 7.90. The number of rotatable bonds is 2. The molecule has 3 aromatic rings. The Morgan fingerprint density at radius 2 is 1.71 bits per heavy atom. The molecule has 0 spiro atoms. The van der Waals surface area contributed by atoms with Gasteiger partial charge < -0.3 is 9.29 Å². The van der Waals surface area contributed by atoms with Crippen LogP contribution in [0.25, 0.3) is 10.2 Å². The minimum absolute atomic E-state index is 0.178. The minimum Gasteiger partial charge on any atom is -0.744 e. The Balaban J connectivity index is 0.000000177. The van der Waals surface area contributed by atoms with Crippen molar-refractivity contribution in [3.05, 3.63) is 53.0 Å². The molecule has 0 amide bonds. The van der Waals surface area contributed by atoms with Gasteiger partial charge in [-0.3, -0.25) is 0 Å². The molecule has 0 fully saturated rings. The zero-order valence-electron chi connectivity index (χ0n) is 13.9. The van der Waals surface area contributed by atoms with Crippen LogP contribution < -0.4 is 9.30 Å². The van der Waals surface area contributed by atoms with Crippen LogP contribution in [0.2, 0.25) is 0 Å². The maximum atomic E-state index is 10.4. The highest BCUT2D eigenvalue weighted by atomic mass is 32.2. The van der Waals surface area contributed by atoms with Gasteiger partial charge in [-0.05, 0) is 25.1 Å². The number of ether oxygens (including phenoxy) is 1. The molecule has 1 heterocycles. The van der Waals surface area contributed by atoms with Crippen molar-refractivity contribution >= 4 is 31.7 Å². The molecular weight excluding hydrogens is 346 g/mol. The van der Waals surface area contributed by atoms with Crippen LogP contribution in [0, 0.1) is 13.8 Å². The second kappa shape index (κ2) is 7.29. The number of hydrogen-bond acceptors (Lipinski definition) is 5. The zero-order valence-corrected chi connectivity index (χ0v) is 15.6. The van der Waals surface area contributed by atoms with Gasteiger partial charge in [0.1, 0.15) is 27.6 Å². The van der Waals surface area contributed by atoms with Gasteiger partial charge in [0.05, 0.1) is 12.0 Å². The van der Waals surface area contributed by atoms with E-state index in [1.165, 1.54) is 27.4 Å². The molecule has 5 nitrogen and oxygen atoms in total. The van der Waals surface area contributed by atoms with Crippen LogP contribution in [0.3, 0.4) is 0 Å². The molecule has 7 heteroatoms. The average molecular weight is 365 g/mol. The molecule has 0 bridgehead atoms. The molecule has 3 rings (SSSR count). The fraction of sp³-hybridized carbons (Fsp3) is 0.235. The van der Waals surface area contributed by atoms with Gasteiger partial charge in [-0.15, -0.1) is 0 Å². The summed E-state index contributed by atoms with van der Waals surface area (Å²) in [5, 5.41) is 1.31. The van der Waals surface area contributed by atoms with Gasteiger partial charge in [0.2, 0.25) is 10.5 Å². The van der Waals surface area contributed by atoms with Crippen molar-refractivity contribution in [2.75, 3.05) is 7.11 Å². The largest absolute Gasteiger partial charge is 0.744 e. The molecule has 0 aliphatic heterocycles. The van der Waals surface area contributed by atoms with Crippen LogP contribution >= 0.6 is 11.3 Å². The highest BCUT2D eigenvalue weighted by Crippen LogP contribution is 2.24. The number of thiazole rings is 1. The van der Waals surface area contributed by atoms with Crippen LogP contribution in [-0.4, -0.2) is 20.1 Å². The third-order valence-electron chi connectivity index (χ3n) is 3.57. The quantitative estimate of drug-likeness (QED) is 0.517. The minimum atomic E-state index is -4.27. The molecule has 0 N–H and O–H groups in total. The molecule has 1 aromatic heterocycles. The van der Waals surface area contributed by atoms with E-state index in [4.69, 9.17) is 4.74 Å². The Labute approximate surface area is 145 Å². The summed E-state index contributed by atoms with van der Waals surface area (Å²) in [4.78, 5) is -0.178. The summed E-state index contributed by atoms with van der Waals surface area (Å²) in [6.45, 7) is 3.94. The molecule has 2 aromatic carbocycles. The lowest BCUT2D eigenvalue weighted by molar-refractivity contribution is -0.646. The molecule has 0 unspecified atom stereocenters. The fourth-order valence-corrected chi connectivity index (χ4v) is 3.59. The average Bonchev–Trinajstić information content (AvgIpc) is 2.81. The number of hydrogen-bond donors (Lipinski definition) is 0. The van der Waals surface area contributed by atoms with Crippen LogP contribution in [-0.2, 0) is 17.2 Å². The summed E-state index contributed by atoms with van der Waals surface area (Å²) in [5.41, 5.74) is 2.20. The van der Waals surface area contributed by atoms with Crippen molar-refractivity contribution in [1.29, 1.82) is 0 Å². The SMILES string of the molecule is COc1ccc2c(c1)sc(C)[n+]2C.Cc1ccc(S(=O)(=O)[O-])cc1. The van der Waals surface area contributed by atoms with Crippen molar-refractivity contribution in [3.8, 4) is 5.75 Å². The van der Waals surface area contributed by atoms with E-state index in [1.54, 1.807) is 30.6 Å². The number of fused-ring (bicyclic) bond motifs is 1. The number of benzene rings is 2. The number of methoxy groups -OCH3 is 1. The van der Waals surface area contributed by atoms with Crippen molar-refractivity contribution < 1.29 is 22.3 Å². The zero-order chi connectivity index (χ0) is 17.9. The van der Waals surface area contributed by atoms with Crippen LogP contribution in [0.15, 0.2) is 47.4 Å². The van der Waals surface area contributed by atoms with Crippen molar-refractivity contribution in [1.82, 2.24) is 0 Å². The van der Waals surface area contributed by atoms with E-state index >= 15 is 0 Å². The summed E-state index contributed by atoms with van der Waals surface area (Å²) in [6, 6.07) is 11.9. The van der Waals surface area contributed by atoms with E-state index in [0.717, 1.165) is 11.3 Å². The first kappa shape index (κ1) is 18.4. The maximum absolute atomic E-state index is 10.4. The molecule has 0 radical (unpaired) electrons. The van der Waals surface area contributed by atoms with Gasteiger partial charge in [0.15, 0.2) is 0 Å². The second-order valence-electron chi connectivity index (χ2n) is 5.28. The van der Waals surface area contributed by atoms with Gasteiger partial charge in [-0.2, -0.15) is 4.57 Å². The Morgan fingerprint density at radius 3 is 2.25 bits per heavy atom. The van der Waals surface area contributed by atoms with Crippen molar-refractivity contribution in [2.24, 2.45) is 7.05 Å². The van der Waals surface area contributed by atoms with Gasteiger partial charge in [-0.1, -0.05) is 29.0 Å². The topological polar surface area (TPSA) is 70.3 Å². The predicted molar refractivity (Wildman–Crippen MR) is 93.4 cm³/mol. The monoisotopic (exact) mass is 365 g/mol. The van der Waals surface area contributed by atoms with Crippen LogP contribution in [0.1, 0.15) is 10.6 Å². The van der Waals surface area contributed by atoms with E-state index in [-0.39, 0.29) is 4.90 Å². The number of aryl methyl sites for hydroxylation is 3. The lowest BCUT2D eigenvalue weighted by Gasteiger charge is -2.05. The standard InChI is InChI=1S/C10H12NOS.C7H8O3S/c1-7-11(2)9-5-4-8(12-3)6-10(9)13-7;1-6-2-4-7(5-3-6)11(8,9)10/h4-6H,1-3H3;2-5H,1H3,(H,8,9,10)/q+1;/p-1. The van der Waals surface area contributed by atoms with Crippen molar-refractivity contribution in [2.45, 2.75) is 18.7 Å². The van der Waals surface area contributed by atoms with Crippen LogP contribution in [0.4, 0.5) is 0 Å². The Hall–Kier alpha value is -1.96. The van der Waals surface area contributed by atoms with E-state index < -0.39 is 10.1 Å². The maximum Gasteiger partial charge on any atom is 0.234 e. The first-order valence-electron chi connectivity index (χ1n) is 7.18. The summed E-state index contributed by atoms with van der Waals surface area (Å²) in [7, 11) is -0.490. The van der Waals surface area contributed by atoms with Crippen molar-refractivity contribution in [3.63, 3.8) is 0 Å². The summed E-state index contributed by atoms with van der Waals surface area (Å²) in [5.74, 6) is 0.925. The van der Waals surface area contributed by atoms with E-state index in [0.29, 0.717) is 0 Å². The molecule has 128 valence electrons. The summed E-state index contributed by atoms with van der Waals surface area (Å²) >= 11 is 1.79. The van der Waals surface area contributed by atoms with Gasteiger partial charge in [-0.25, -0.2) is 8.42 Å². The molecule has 0 atom stereocenters. The smallest absolute Gasteiger partial charge is 0.234 e. The highest BCUT2D eigenvalue weighted by Gasteiger charge is 2.12. The molecule has 0 aliphatic carbocycles. The van der Waals surface area contributed by atoms with Gasteiger partial charge in [0.25, 0.3) is 0 Å². The van der Waals surface area contributed by atoms with Crippen LogP contribution in [0.5, 0.6) is 5.75 Å². The summed E-state index contributed by atoms with van der Waals surface area (Å²) < 4.78 is 39.8. The van der Waals surface area contributed by atoms with E-state index in [2.05, 4.69) is 30.7 Å². The first-order chi connectivity index (χ1) is 11.2. The highest BCUT2D eigenvalue weighted by molar-refractivity contribution is 7.85. The molecular formula is C17H19NO4S2. The molecule has 0 saturated heterocycles. The fourth-order valence-electron chi connectivity index (χ4n) is 2.08. The number of nitrogens with zero attached hydrogens (tertiary/aromatic N) is 1. The molecule has 24 heavy (non-hydrogen) atoms. The van der Waals surface area contributed by atoms with Gasteiger partial charge >= 0.3 is 0 Å². The Kier molecular flexibility index (Phi) is 5.58. The lowest BCUT2D eigenvalue weighted by atomic mass is 10.2. The third kappa shape index (κ3) is 4.31. The normalized spacial score (nSPS) is 11.0. The lowest BCUT2D eigenvalue weighted by Crippen LogP contribution is -2.28. The Morgan fingerprint density at radius 1 is 1.08 bits per heavy atom. The summed E-state index contributed by atoms with van der Waals surface area (Å²) in [6.07, 6.45) is 0. The van der Waals surface area contributed by atoms with Gasteiger partial charge in [0, 0.05) is 19.1 Å². The molecule has 0 aliphatic rings. The number of aromatic nitrogens is 1. The molecule has 0 saturated carbocycles. The third-order valence-corrected chi connectivity index (χ3v) is 5.53. The van der Waals surface area contributed by atoms with E-state index in [1.807, 2.05) is 13.0 Å². The predicted octanol–water partition coefficient (Wildman–Crippen LogP) is 2.94. The van der Waals surface area contributed by atoms with E-state index in [9.17, 15) is 13.0 Å².